The lowest BCUT2D eigenvalue weighted by Gasteiger charge is -2.22. The molecule has 3 aromatic heterocycles. The molecule has 0 N–H and O–H groups in total. The first kappa shape index (κ1) is 30.1. The van der Waals surface area contributed by atoms with Gasteiger partial charge in [-0.1, -0.05) is 137 Å². The van der Waals surface area contributed by atoms with Crippen LogP contribution in [0.5, 0.6) is 0 Å². The number of pyridine rings is 1. The number of benzene rings is 6. The van der Waals surface area contributed by atoms with Crippen molar-refractivity contribution in [2.24, 2.45) is 0 Å². The molecule has 0 unspecified atom stereocenters. The molecule has 0 bridgehead atoms. The van der Waals surface area contributed by atoms with Gasteiger partial charge in [-0.25, -0.2) is 9.97 Å². The molecule has 3 heterocycles. The number of hydrogen-bond donors (Lipinski definition) is 0. The van der Waals surface area contributed by atoms with Crippen LogP contribution in [0.1, 0.15) is 50.7 Å². The average Bonchev–Trinajstić information content (AvgIpc) is 3.72. The van der Waals surface area contributed by atoms with Crippen molar-refractivity contribution in [2.45, 2.75) is 39.5 Å². The van der Waals surface area contributed by atoms with Crippen molar-refractivity contribution in [2.75, 3.05) is 0 Å². The number of para-hydroxylation sites is 4. The van der Waals surface area contributed by atoms with E-state index in [0.717, 1.165) is 55.4 Å². The van der Waals surface area contributed by atoms with Crippen molar-refractivity contribution in [1.82, 2.24) is 14.5 Å². The summed E-state index contributed by atoms with van der Waals surface area (Å²) in [5.74, 6) is 1.54. The van der Waals surface area contributed by atoms with Crippen molar-refractivity contribution in [3.05, 3.63) is 151 Å². The Bertz CT molecular complexity index is 2690. The summed E-state index contributed by atoms with van der Waals surface area (Å²) in [6.45, 7) is 9.07. The molecule has 242 valence electrons. The van der Waals surface area contributed by atoms with Gasteiger partial charge >= 0.3 is 0 Å². The molecule has 50 heavy (non-hydrogen) atoms. The first-order chi connectivity index (χ1) is 24.5. The van der Waals surface area contributed by atoms with E-state index in [1.54, 1.807) is 0 Å². The normalized spacial score (nSPS) is 12.0. The molecule has 0 saturated carbocycles. The summed E-state index contributed by atoms with van der Waals surface area (Å²) in [6, 6.07) is 49.3. The number of nitrogens with zero attached hydrogens (tertiary/aromatic N) is 3. The zero-order valence-electron chi connectivity index (χ0n) is 28.7. The molecule has 9 aromatic rings. The Balaban J connectivity index is 1.26. The third-order valence-corrected chi connectivity index (χ3v) is 10.0. The van der Waals surface area contributed by atoms with Crippen LogP contribution < -0.4 is 0 Å². The molecule has 0 saturated heterocycles. The minimum atomic E-state index is 0.333. The van der Waals surface area contributed by atoms with Crippen molar-refractivity contribution in [1.29, 1.82) is 0 Å². The smallest absolute Gasteiger partial charge is 0.227 e. The summed E-state index contributed by atoms with van der Waals surface area (Å²) in [7, 11) is 0. The maximum Gasteiger partial charge on any atom is 0.227 e. The van der Waals surface area contributed by atoms with Gasteiger partial charge in [0.1, 0.15) is 11.4 Å². The summed E-state index contributed by atoms with van der Waals surface area (Å²) < 4.78 is 9.15. The van der Waals surface area contributed by atoms with E-state index in [9.17, 15) is 0 Å². The van der Waals surface area contributed by atoms with Gasteiger partial charge in [0.25, 0.3) is 0 Å². The SMILES string of the molecule is CC(C)c1cccc(C(C)C)c1-n1c(-c2cccc3c2oc2nc(-c4ccc(-c5ccccc5)c5ccccc45)ccc23)nc2ccccc21. The number of imidazole rings is 1. The molecule has 0 aliphatic heterocycles. The van der Waals surface area contributed by atoms with E-state index in [0.29, 0.717) is 17.5 Å². The van der Waals surface area contributed by atoms with Crippen LogP contribution in [0, 0.1) is 0 Å². The standard InChI is InChI=1S/C46H37N3O/c1-28(2)31-18-12-19-32(29(3)4)43(31)49-42-23-11-10-22-41(42)47-45(49)39-21-13-20-37-38-26-27-40(48-46(38)50-44(37)39)36-25-24-33(30-14-6-5-7-15-30)34-16-8-9-17-35(34)36/h5-29H,1-4H3. The summed E-state index contributed by atoms with van der Waals surface area (Å²) in [5, 5.41) is 4.38. The van der Waals surface area contributed by atoms with Crippen LogP contribution in [0.15, 0.2) is 144 Å². The van der Waals surface area contributed by atoms with Crippen LogP contribution in [-0.2, 0) is 0 Å². The molecule has 6 aromatic carbocycles. The van der Waals surface area contributed by atoms with E-state index in [4.69, 9.17) is 14.4 Å². The van der Waals surface area contributed by atoms with Gasteiger partial charge in [-0.05, 0) is 75.2 Å². The summed E-state index contributed by atoms with van der Waals surface area (Å²) in [5.41, 5.74) is 12.6. The van der Waals surface area contributed by atoms with Gasteiger partial charge < -0.3 is 4.42 Å². The second kappa shape index (κ2) is 11.9. The first-order valence-electron chi connectivity index (χ1n) is 17.5. The monoisotopic (exact) mass is 647 g/mol. The van der Waals surface area contributed by atoms with E-state index < -0.39 is 0 Å². The van der Waals surface area contributed by atoms with Crippen LogP contribution >= 0.6 is 0 Å². The number of fused-ring (bicyclic) bond motifs is 5. The Hall–Kier alpha value is -6.00. The largest absolute Gasteiger partial charge is 0.437 e. The van der Waals surface area contributed by atoms with Crippen molar-refractivity contribution < 1.29 is 4.42 Å². The molecule has 9 rings (SSSR count). The first-order valence-corrected chi connectivity index (χ1v) is 17.5. The van der Waals surface area contributed by atoms with Gasteiger partial charge in [0.2, 0.25) is 5.71 Å². The Labute approximate surface area is 291 Å². The van der Waals surface area contributed by atoms with Gasteiger partial charge in [-0.15, -0.1) is 0 Å². The van der Waals surface area contributed by atoms with Crippen LogP contribution in [0.4, 0.5) is 0 Å². The predicted octanol–water partition coefficient (Wildman–Crippen LogP) is 12.7. The molecule has 0 radical (unpaired) electrons. The molecule has 0 atom stereocenters. The highest BCUT2D eigenvalue weighted by Crippen LogP contribution is 2.42. The van der Waals surface area contributed by atoms with Gasteiger partial charge in [0.15, 0.2) is 0 Å². The Morgan fingerprint density at radius 2 is 1.14 bits per heavy atom. The molecule has 0 aliphatic rings. The van der Waals surface area contributed by atoms with E-state index in [-0.39, 0.29) is 0 Å². The fourth-order valence-electron chi connectivity index (χ4n) is 7.60. The van der Waals surface area contributed by atoms with Crippen molar-refractivity contribution in [3.63, 3.8) is 0 Å². The summed E-state index contributed by atoms with van der Waals surface area (Å²) >= 11 is 0. The maximum atomic E-state index is 6.78. The number of rotatable bonds is 6. The molecule has 4 heteroatoms. The molecule has 0 fully saturated rings. The van der Waals surface area contributed by atoms with E-state index in [1.165, 1.54) is 33.3 Å². The Morgan fingerprint density at radius 1 is 0.500 bits per heavy atom. The Morgan fingerprint density at radius 3 is 1.90 bits per heavy atom. The van der Waals surface area contributed by atoms with Crippen molar-refractivity contribution in [3.8, 4) is 39.5 Å². The minimum absolute atomic E-state index is 0.333. The lowest BCUT2D eigenvalue weighted by Crippen LogP contribution is -2.08. The molecular weight excluding hydrogens is 611 g/mol. The van der Waals surface area contributed by atoms with Crippen molar-refractivity contribution >= 4 is 43.9 Å². The molecular formula is C46H37N3O. The topological polar surface area (TPSA) is 43.9 Å². The fraction of sp³-hybridized carbons (Fsp3) is 0.130. The highest BCUT2D eigenvalue weighted by atomic mass is 16.3. The van der Waals surface area contributed by atoms with Crippen LogP contribution in [0.25, 0.3) is 83.3 Å². The lowest BCUT2D eigenvalue weighted by atomic mass is 9.92. The Kier molecular flexibility index (Phi) is 7.13. The van der Waals surface area contributed by atoms with E-state index in [2.05, 4.69) is 172 Å². The van der Waals surface area contributed by atoms with Gasteiger partial charge in [0.05, 0.1) is 28.0 Å². The second-order valence-electron chi connectivity index (χ2n) is 13.8. The highest BCUT2D eigenvalue weighted by Gasteiger charge is 2.24. The number of furan rings is 1. The molecule has 0 aliphatic carbocycles. The third kappa shape index (κ3) is 4.74. The maximum absolute atomic E-state index is 6.78. The van der Waals surface area contributed by atoms with Gasteiger partial charge in [0, 0.05) is 16.3 Å². The van der Waals surface area contributed by atoms with Crippen LogP contribution in [-0.4, -0.2) is 14.5 Å². The zero-order valence-corrected chi connectivity index (χ0v) is 28.7. The highest BCUT2D eigenvalue weighted by molar-refractivity contribution is 6.10. The second-order valence-corrected chi connectivity index (χ2v) is 13.8. The molecule has 0 amide bonds. The fourth-order valence-corrected chi connectivity index (χ4v) is 7.60. The summed E-state index contributed by atoms with van der Waals surface area (Å²) in [6.07, 6.45) is 0. The molecule has 0 spiro atoms. The number of hydrogen-bond acceptors (Lipinski definition) is 3. The van der Waals surface area contributed by atoms with Gasteiger partial charge in [-0.2, -0.15) is 0 Å². The lowest BCUT2D eigenvalue weighted by molar-refractivity contribution is 0.655. The minimum Gasteiger partial charge on any atom is -0.437 e. The van der Waals surface area contributed by atoms with Gasteiger partial charge in [-0.3, -0.25) is 4.57 Å². The van der Waals surface area contributed by atoms with Crippen LogP contribution in [0.2, 0.25) is 0 Å². The van der Waals surface area contributed by atoms with E-state index >= 15 is 0 Å². The average molecular weight is 648 g/mol. The third-order valence-electron chi connectivity index (χ3n) is 10.0. The van der Waals surface area contributed by atoms with Crippen LogP contribution in [0.3, 0.4) is 0 Å². The predicted molar refractivity (Wildman–Crippen MR) is 208 cm³/mol. The number of aromatic nitrogens is 3. The quantitative estimate of drug-likeness (QED) is 0.180. The summed E-state index contributed by atoms with van der Waals surface area (Å²) in [4.78, 5) is 10.5. The zero-order chi connectivity index (χ0) is 33.9. The van der Waals surface area contributed by atoms with E-state index in [1.807, 2.05) is 0 Å². The molecule has 4 nitrogen and oxygen atoms in total.